The first-order chi connectivity index (χ1) is 14.4. The number of unbranched alkanes of at least 4 members (excludes halogenated alkanes) is 1. The van der Waals surface area contributed by atoms with E-state index < -0.39 is 12.0 Å². The molecule has 9 nitrogen and oxygen atoms in total. The molecule has 9 heteroatoms. The number of carbonyl (C=O) groups is 4. The lowest BCUT2D eigenvalue weighted by Gasteiger charge is -2.16. The summed E-state index contributed by atoms with van der Waals surface area (Å²) in [6.07, 6.45) is 5.00. The van der Waals surface area contributed by atoms with Crippen molar-refractivity contribution < 1.29 is 23.9 Å². The smallest absolute Gasteiger partial charge is 0.328 e. The molecule has 0 aliphatic heterocycles. The van der Waals surface area contributed by atoms with Gasteiger partial charge >= 0.3 is 5.97 Å². The van der Waals surface area contributed by atoms with Crippen LogP contribution in [0.15, 0.2) is 18.3 Å². The van der Waals surface area contributed by atoms with E-state index >= 15 is 0 Å². The molecule has 3 amide bonds. The van der Waals surface area contributed by atoms with Gasteiger partial charge in [-0.1, -0.05) is 19.4 Å². The number of pyridine rings is 1. The molecule has 0 aliphatic rings. The van der Waals surface area contributed by atoms with Gasteiger partial charge in [-0.05, 0) is 37.8 Å². The molecule has 0 aliphatic carbocycles. The maximum atomic E-state index is 12.1. The molecule has 0 saturated carbocycles. The predicted molar refractivity (Wildman–Crippen MR) is 112 cm³/mol. The minimum Gasteiger partial charge on any atom is -0.464 e. The zero-order chi connectivity index (χ0) is 22.4. The zero-order valence-electron chi connectivity index (χ0n) is 18.0. The first-order valence-electron chi connectivity index (χ1n) is 10.3. The molecule has 1 atom stereocenters. The van der Waals surface area contributed by atoms with Crippen molar-refractivity contribution in [3.8, 4) is 0 Å². The van der Waals surface area contributed by atoms with Crippen LogP contribution in [0.4, 0.5) is 0 Å². The Morgan fingerprint density at radius 1 is 1.10 bits per heavy atom. The van der Waals surface area contributed by atoms with Gasteiger partial charge in [0, 0.05) is 32.6 Å². The van der Waals surface area contributed by atoms with E-state index in [9.17, 15) is 19.2 Å². The maximum absolute atomic E-state index is 12.1. The number of aryl methyl sites for hydroxylation is 1. The second kappa shape index (κ2) is 14.1. The van der Waals surface area contributed by atoms with E-state index in [0.29, 0.717) is 5.69 Å². The summed E-state index contributed by atoms with van der Waals surface area (Å²) in [5.74, 6) is -1.54. The van der Waals surface area contributed by atoms with Gasteiger partial charge in [0.1, 0.15) is 11.7 Å². The van der Waals surface area contributed by atoms with Crippen LogP contribution in [0.5, 0.6) is 0 Å². The van der Waals surface area contributed by atoms with Crippen molar-refractivity contribution in [2.75, 3.05) is 19.7 Å². The van der Waals surface area contributed by atoms with E-state index in [0.717, 1.165) is 24.8 Å². The number of rotatable bonds is 13. The van der Waals surface area contributed by atoms with Gasteiger partial charge in [-0.25, -0.2) is 4.79 Å². The maximum Gasteiger partial charge on any atom is 0.328 e. The van der Waals surface area contributed by atoms with E-state index in [2.05, 4.69) is 27.9 Å². The highest BCUT2D eigenvalue weighted by molar-refractivity contribution is 5.92. The van der Waals surface area contributed by atoms with Crippen LogP contribution in [0.25, 0.3) is 0 Å². The third-order valence-corrected chi connectivity index (χ3v) is 4.22. The van der Waals surface area contributed by atoms with Crippen molar-refractivity contribution >= 4 is 23.7 Å². The number of nitrogens with zero attached hydrogens (tertiary/aromatic N) is 1. The first-order valence-corrected chi connectivity index (χ1v) is 10.3. The van der Waals surface area contributed by atoms with Crippen molar-refractivity contribution in [2.45, 2.75) is 58.9 Å². The number of hydrogen-bond acceptors (Lipinski definition) is 6. The number of ether oxygens (including phenoxy) is 1. The average molecular weight is 421 g/mol. The Hall–Kier alpha value is -2.97. The number of amides is 3. The van der Waals surface area contributed by atoms with Crippen LogP contribution in [0.2, 0.25) is 0 Å². The summed E-state index contributed by atoms with van der Waals surface area (Å²) in [7, 11) is 0. The Balaban J connectivity index is 2.32. The van der Waals surface area contributed by atoms with Crippen LogP contribution in [-0.2, 0) is 25.5 Å². The standard InChI is InChI=1S/C21H32N4O5/c1-4-6-7-16-8-9-17(24-14-16)20(28)23-13-12-22-19(27)11-10-18(25-15(3)26)21(29)30-5-2/h8-9,14,18H,4-7,10-13H2,1-3H3,(H,22,27)(H,23,28)(H,25,26)/t18-/m0/s1. The summed E-state index contributed by atoms with van der Waals surface area (Å²) in [4.78, 5) is 51.2. The highest BCUT2D eigenvalue weighted by Crippen LogP contribution is 2.05. The second-order valence-corrected chi connectivity index (χ2v) is 6.80. The van der Waals surface area contributed by atoms with Gasteiger partial charge in [0.2, 0.25) is 11.8 Å². The molecular formula is C21H32N4O5. The molecule has 3 N–H and O–H groups in total. The lowest BCUT2D eigenvalue weighted by molar-refractivity contribution is -0.147. The molecule has 166 valence electrons. The Kier molecular flexibility index (Phi) is 11.8. The first kappa shape index (κ1) is 25.1. The molecule has 1 rings (SSSR count). The van der Waals surface area contributed by atoms with Crippen LogP contribution < -0.4 is 16.0 Å². The molecular weight excluding hydrogens is 388 g/mol. The van der Waals surface area contributed by atoms with Gasteiger partial charge in [-0.2, -0.15) is 0 Å². The largest absolute Gasteiger partial charge is 0.464 e. The van der Waals surface area contributed by atoms with Crippen LogP contribution in [-0.4, -0.2) is 54.4 Å². The SMILES string of the molecule is CCCCc1ccc(C(=O)NCCNC(=O)CC[C@H](NC(C)=O)C(=O)OCC)nc1. The van der Waals surface area contributed by atoms with Gasteiger partial charge in [-0.3, -0.25) is 19.4 Å². The summed E-state index contributed by atoms with van der Waals surface area (Å²) in [5, 5.41) is 7.84. The molecule has 0 spiro atoms. The molecule has 30 heavy (non-hydrogen) atoms. The van der Waals surface area contributed by atoms with Crippen molar-refractivity contribution in [1.29, 1.82) is 0 Å². The number of carbonyl (C=O) groups excluding carboxylic acids is 4. The molecule has 0 radical (unpaired) electrons. The third-order valence-electron chi connectivity index (χ3n) is 4.22. The number of aromatic nitrogens is 1. The summed E-state index contributed by atoms with van der Waals surface area (Å²) < 4.78 is 4.89. The minimum atomic E-state index is -0.862. The Morgan fingerprint density at radius 2 is 1.83 bits per heavy atom. The lowest BCUT2D eigenvalue weighted by Crippen LogP contribution is -2.42. The van der Waals surface area contributed by atoms with Gasteiger partial charge < -0.3 is 20.7 Å². The fraction of sp³-hybridized carbons (Fsp3) is 0.571. The monoisotopic (exact) mass is 420 g/mol. The Labute approximate surface area is 177 Å². The van der Waals surface area contributed by atoms with Gasteiger partial charge in [0.05, 0.1) is 6.61 Å². The molecule has 0 fully saturated rings. The molecule has 0 bridgehead atoms. The molecule has 0 unspecified atom stereocenters. The van der Waals surface area contributed by atoms with Gasteiger partial charge in [0.25, 0.3) is 5.91 Å². The van der Waals surface area contributed by atoms with Gasteiger partial charge in [0.15, 0.2) is 0 Å². The summed E-state index contributed by atoms with van der Waals surface area (Å²) in [5.41, 5.74) is 1.43. The van der Waals surface area contributed by atoms with Crippen molar-refractivity contribution in [3.63, 3.8) is 0 Å². The van der Waals surface area contributed by atoms with Crippen LogP contribution >= 0.6 is 0 Å². The quantitative estimate of drug-likeness (QED) is 0.324. The summed E-state index contributed by atoms with van der Waals surface area (Å²) in [6, 6.07) is 2.73. The van der Waals surface area contributed by atoms with E-state index in [1.807, 2.05) is 6.07 Å². The predicted octanol–water partition coefficient (Wildman–Crippen LogP) is 1.12. The zero-order valence-corrected chi connectivity index (χ0v) is 18.0. The average Bonchev–Trinajstić information content (AvgIpc) is 2.72. The molecule has 1 aromatic rings. The van der Waals surface area contributed by atoms with Crippen LogP contribution in [0, 0.1) is 0 Å². The molecule has 1 aromatic heterocycles. The summed E-state index contributed by atoms with van der Waals surface area (Å²) in [6.45, 7) is 5.76. The highest BCUT2D eigenvalue weighted by atomic mass is 16.5. The third kappa shape index (κ3) is 9.99. The minimum absolute atomic E-state index is 0.0402. The second-order valence-electron chi connectivity index (χ2n) is 6.80. The summed E-state index contributed by atoms with van der Waals surface area (Å²) >= 11 is 0. The van der Waals surface area contributed by atoms with Crippen molar-refractivity contribution in [1.82, 2.24) is 20.9 Å². The molecule has 0 saturated heterocycles. The van der Waals surface area contributed by atoms with Crippen molar-refractivity contribution in [2.24, 2.45) is 0 Å². The number of esters is 1. The fourth-order valence-electron chi connectivity index (χ4n) is 2.66. The van der Waals surface area contributed by atoms with Crippen molar-refractivity contribution in [3.05, 3.63) is 29.6 Å². The van der Waals surface area contributed by atoms with E-state index in [4.69, 9.17) is 4.74 Å². The number of nitrogens with one attached hydrogen (secondary N) is 3. The number of hydrogen-bond donors (Lipinski definition) is 3. The molecule has 0 aromatic carbocycles. The normalized spacial score (nSPS) is 11.3. The van der Waals surface area contributed by atoms with Crippen LogP contribution in [0.3, 0.4) is 0 Å². The highest BCUT2D eigenvalue weighted by Gasteiger charge is 2.21. The molecule has 1 heterocycles. The van der Waals surface area contributed by atoms with E-state index in [1.54, 1.807) is 19.2 Å². The van der Waals surface area contributed by atoms with Crippen LogP contribution in [0.1, 0.15) is 62.5 Å². The lowest BCUT2D eigenvalue weighted by atomic mass is 10.1. The van der Waals surface area contributed by atoms with E-state index in [1.165, 1.54) is 6.92 Å². The van der Waals surface area contributed by atoms with Gasteiger partial charge in [-0.15, -0.1) is 0 Å². The Bertz CT molecular complexity index is 706. The fourth-order valence-corrected chi connectivity index (χ4v) is 2.66. The topological polar surface area (TPSA) is 126 Å². The Morgan fingerprint density at radius 3 is 2.43 bits per heavy atom. The van der Waals surface area contributed by atoms with E-state index in [-0.39, 0.29) is 50.3 Å².